The molecule has 0 bridgehead atoms. The number of aliphatic hydroxyl groups is 1. The summed E-state index contributed by atoms with van der Waals surface area (Å²) >= 11 is 0. The Kier molecular flexibility index (Phi) is 9.18. The summed E-state index contributed by atoms with van der Waals surface area (Å²) in [7, 11) is 1.60. The molecule has 2 N–H and O–H groups in total. The van der Waals surface area contributed by atoms with Crippen molar-refractivity contribution in [1.29, 1.82) is 0 Å². The summed E-state index contributed by atoms with van der Waals surface area (Å²) < 4.78 is 4.93. The molecule has 0 aromatic rings. The molecule has 0 aromatic carbocycles. The van der Waals surface area contributed by atoms with Gasteiger partial charge in [0, 0.05) is 32.7 Å². The second kappa shape index (κ2) is 9.57. The number of rotatable bonds is 9. The Hall–Kier alpha value is -0.650. The third-order valence-corrected chi connectivity index (χ3v) is 2.32. The quantitative estimate of drug-likeness (QED) is 0.580. The molecule has 0 aliphatic heterocycles. The van der Waals surface area contributed by atoms with Crippen molar-refractivity contribution in [2.45, 2.75) is 26.3 Å². The lowest BCUT2D eigenvalue weighted by molar-refractivity contribution is -0.132. The molecule has 0 aliphatic carbocycles. The van der Waals surface area contributed by atoms with E-state index in [1.54, 1.807) is 12.0 Å². The number of ether oxygens (including phenoxy) is 1. The lowest BCUT2D eigenvalue weighted by atomic mass is 10.2. The number of hydrogen-bond acceptors (Lipinski definition) is 4. The normalized spacial score (nSPS) is 12.5. The van der Waals surface area contributed by atoms with E-state index >= 15 is 0 Å². The maximum Gasteiger partial charge on any atom is 0.224 e. The minimum atomic E-state index is -0.00889. The number of methoxy groups -OCH3 is 1. The van der Waals surface area contributed by atoms with Gasteiger partial charge >= 0.3 is 0 Å². The van der Waals surface area contributed by atoms with Gasteiger partial charge in [-0.1, -0.05) is 6.92 Å². The van der Waals surface area contributed by atoms with Crippen molar-refractivity contribution < 1.29 is 14.6 Å². The third kappa shape index (κ3) is 6.76. The Morgan fingerprint density at radius 2 is 2.19 bits per heavy atom. The van der Waals surface area contributed by atoms with Crippen LogP contribution >= 0.6 is 0 Å². The van der Waals surface area contributed by atoms with Crippen molar-refractivity contribution in [1.82, 2.24) is 10.2 Å². The number of carbonyl (C=O) groups is 1. The highest BCUT2D eigenvalue weighted by Crippen LogP contribution is 1.98. The molecule has 1 unspecified atom stereocenters. The van der Waals surface area contributed by atoms with Gasteiger partial charge in [0.1, 0.15) is 0 Å². The number of amides is 1. The first-order chi connectivity index (χ1) is 7.65. The van der Waals surface area contributed by atoms with E-state index in [2.05, 4.69) is 5.32 Å². The number of nitrogens with one attached hydrogen (secondary N) is 1. The predicted octanol–water partition coefficient (Wildman–Crippen LogP) is -0.158. The Balaban J connectivity index is 4.04. The minimum Gasteiger partial charge on any atom is -0.395 e. The van der Waals surface area contributed by atoms with Crippen LogP contribution in [0.5, 0.6) is 0 Å². The summed E-state index contributed by atoms with van der Waals surface area (Å²) in [5, 5.41) is 12.1. The topological polar surface area (TPSA) is 61.8 Å². The van der Waals surface area contributed by atoms with Gasteiger partial charge in [0.15, 0.2) is 0 Å². The van der Waals surface area contributed by atoms with E-state index in [-0.39, 0.29) is 18.6 Å². The number of aliphatic hydroxyl groups excluding tert-OH is 1. The zero-order valence-corrected chi connectivity index (χ0v) is 10.5. The van der Waals surface area contributed by atoms with Crippen LogP contribution in [0.2, 0.25) is 0 Å². The van der Waals surface area contributed by atoms with E-state index in [1.165, 1.54) is 0 Å². The highest BCUT2D eigenvalue weighted by Gasteiger charge is 2.15. The monoisotopic (exact) mass is 232 g/mol. The van der Waals surface area contributed by atoms with Crippen LogP contribution in [-0.4, -0.2) is 61.9 Å². The van der Waals surface area contributed by atoms with Crippen molar-refractivity contribution in [2.75, 3.05) is 40.0 Å². The first-order valence-corrected chi connectivity index (χ1v) is 5.76. The third-order valence-electron chi connectivity index (χ3n) is 2.32. The number of hydrogen-bond donors (Lipinski definition) is 2. The van der Waals surface area contributed by atoms with Gasteiger partial charge in [-0.15, -0.1) is 0 Å². The van der Waals surface area contributed by atoms with Gasteiger partial charge in [-0.3, -0.25) is 4.79 Å². The summed E-state index contributed by atoms with van der Waals surface area (Å²) in [6, 6.07) is 0.168. The average Bonchev–Trinajstić information content (AvgIpc) is 2.24. The van der Waals surface area contributed by atoms with Crippen LogP contribution in [0, 0.1) is 0 Å². The summed E-state index contributed by atoms with van der Waals surface area (Å²) in [6.45, 7) is 6.25. The van der Waals surface area contributed by atoms with Crippen molar-refractivity contribution in [2.24, 2.45) is 0 Å². The van der Waals surface area contributed by atoms with Crippen LogP contribution in [0.1, 0.15) is 20.3 Å². The number of carbonyl (C=O) groups excluding carboxylic acids is 1. The van der Waals surface area contributed by atoms with E-state index in [9.17, 15) is 4.79 Å². The Labute approximate surface area is 97.8 Å². The Morgan fingerprint density at radius 3 is 2.69 bits per heavy atom. The lowest BCUT2D eigenvalue weighted by Crippen LogP contribution is -2.40. The van der Waals surface area contributed by atoms with E-state index < -0.39 is 0 Å². The van der Waals surface area contributed by atoms with Crippen LogP contribution < -0.4 is 5.32 Å². The molecule has 96 valence electrons. The second-order valence-electron chi connectivity index (χ2n) is 3.76. The molecule has 16 heavy (non-hydrogen) atoms. The minimum absolute atomic E-state index is 0.00889. The Bertz CT molecular complexity index is 188. The lowest BCUT2D eigenvalue weighted by Gasteiger charge is -2.23. The highest BCUT2D eigenvalue weighted by atomic mass is 16.5. The molecule has 0 rings (SSSR count). The molecule has 1 amide bonds. The standard InChI is InChI=1S/C11H24N2O3/c1-4-12-10(2)9-11(15)13(5-7-14)6-8-16-3/h10,12,14H,4-9H2,1-3H3. The van der Waals surface area contributed by atoms with E-state index in [4.69, 9.17) is 9.84 Å². The zero-order chi connectivity index (χ0) is 12.4. The van der Waals surface area contributed by atoms with Gasteiger partial charge in [-0.05, 0) is 13.5 Å². The molecule has 0 aliphatic rings. The van der Waals surface area contributed by atoms with Gasteiger partial charge in [0.2, 0.25) is 5.91 Å². The Morgan fingerprint density at radius 1 is 1.50 bits per heavy atom. The SMILES string of the molecule is CCNC(C)CC(=O)N(CCO)CCOC. The van der Waals surface area contributed by atoms with Crippen molar-refractivity contribution in [3.05, 3.63) is 0 Å². The molecule has 0 aromatic heterocycles. The van der Waals surface area contributed by atoms with Crippen molar-refractivity contribution in [3.8, 4) is 0 Å². The van der Waals surface area contributed by atoms with Crippen LogP contribution in [0.3, 0.4) is 0 Å². The maximum atomic E-state index is 11.8. The van der Waals surface area contributed by atoms with E-state index in [0.717, 1.165) is 6.54 Å². The molecular formula is C11H24N2O3. The summed E-state index contributed by atoms with van der Waals surface area (Å²) in [4.78, 5) is 13.5. The fourth-order valence-electron chi connectivity index (χ4n) is 1.50. The van der Waals surface area contributed by atoms with Crippen LogP contribution in [-0.2, 0) is 9.53 Å². The van der Waals surface area contributed by atoms with Gasteiger partial charge in [0.25, 0.3) is 0 Å². The first kappa shape index (κ1) is 15.3. The first-order valence-electron chi connectivity index (χ1n) is 5.76. The van der Waals surface area contributed by atoms with Gasteiger partial charge in [-0.25, -0.2) is 0 Å². The molecular weight excluding hydrogens is 208 g/mol. The fourth-order valence-corrected chi connectivity index (χ4v) is 1.50. The van der Waals surface area contributed by atoms with E-state index in [1.807, 2.05) is 13.8 Å². The summed E-state index contributed by atoms with van der Waals surface area (Å²) in [5.74, 6) is 0.0551. The van der Waals surface area contributed by atoms with Crippen LogP contribution in [0.4, 0.5) is 0 Å². The summed E-state index contributed by atoms with van der Waals surface area (Å²) in [6.07, 6.45) is 0.456. The molecule has 1 atom stereocenters. The molecule has 0 fully saturated rings. The molecule has 0 heterocycles. The maximum absolute atomic E-state index is 11.8. The van der Waals surface area contributed by atoms with Gasteiger partial charge < -0.3 is 20.1 Å². The van der Waals surface area contributed by atoms with Gasteiger partial charge in [-0.2, -0.15) is 0 Å². The molecule has 5 heteroatoms. The second-order valence-corrected chi connectivity index (χ2v) is 3.76. The van der Waals surface area contributed by atoms with Crippen molar-refractivity contribution >= 4 is 5.91 Å². The molecule has 0 spiro atoms. The van der Waals surface area contributed by atoms with Gasteiger partial charge in [0.05, 0.1) is 13.2 Å². The van der Waals surface area contributed by atoms with Crippen molar-refractivity contribution in [3.63, 3.8) is 0 Å². The smallest absolute Gasteiger partial charge is 0.224 e. The van der Waals surface area contributed by atoms with Crippen LogP contribution in [0.15, 0.2) is 0 Å². The van der Waals surface area contributed by atoms with Crippen LogP contribution in [0.25, 0.3) is 0 Å². The number of nitrogens with zero attached hydrogens (tertiary/aromatic N) is 1. The molecule has 0 saturated heterocycles. The molecule has 5 nitrogen and oxygen atoms in total. The predicted molar refractivity (Wildman–Crippen MR) is 63.3 cm³/mol. The largest absolute Gasteiger partial charge is 0.395 e. The summed E-state index contributed by atoms with van der Waals surface area (Å²) in [5.41, 5.74) is 0. The van der Waals surface area contributed by atoms with E-state index in [0.29, 0.717) is 26.1 Å². The fraction of sp³-hybridized carbons (Fsp3) is 0.909. The average molecular weight is 232 g/mol. The zero-order valence-electron chi connectivity index (χ0n) is 10.5. The highest BCUT2D eigenvalue weighted by molar-refractivity contribution is 5.76. The molecule has 0 saturated carbocycles. The molecule has 0 radical (unpaired) electrons.